The Morgan fingerprint density at radius 3 is 1.25 bits per heavy atom. The maximum Gasteiger partial charge on any atom is 0.231 e. The van der Waals surface area contributed by atoms with Crippen LogP contribution in [0, 0.1) is 11.8 Å². The fourth-order valence-electron chi connectivity index (χ4n) is 1.48. The topological polar surface area (TPSA) is 77.4 Å². The van der Waals surface area contributed by atoms with Crippen molar-refractivity contribution in [3.05, 3.63) is 0 Å². The molecule has 6 heteroatoms. The fraction of sp³-hybridized carbons (Fsp3) is 1.00. The molecular formula is C14H30O6. The Labute approximate surface area is 121 Å². The average Bonchev–Trinajstić information content (AvgIpc) is 2.41. The molecule has 0 saturated carbocycles. The van der Waals surface area contributed by atoms with Crippen LogP contribution in [-0.4, -0.2) is 22.1 Å². The summed E-state index contributed by atoms with van der Waals surface area (Å²) in [6.45, 7) is 11.4. The van der Waals surface area contributed by atoms with Gasteiger partial charge in [0.25, 0.3) is 0 Å². The SMILES string of the molecule is CC(C)CCC(C)(OO)OOC(C)(CCC(C)C)OO. The molecule has 2 atom stereocenters. The lowest BCUT2D eigenvalue weighted by Gasteiger charge is -2.31. The van der Waals surface area contributed by atoms with Gasteiger partial charge in [0.2, 0.25) is 11.6 Å². The minimum absolute atomic E-state index is 0.439. The Balaban J connectivity index is 4.42. The highest BCUT2D eigenvalue weighted by molar-refractivity contribution is 4.64. The monoisotopic (exact) mass is 294 g/mol. The molecule has 6 nitrogen and oxygen atoms in total. The van der Waals surface area contributed by atoms with Crippen molar-refractivity contribution in [1.82, 2.24) is 0 Å². The van der Waals surface area contributed by atoms with Crippen molar-refractivity contribution in [2.24, 2.45) is 11.8 Å². The Kier molecular flexibility index (Phi) is 8.81. The Morgan fingerprint density at radius 1 is 0.750 bits per heavy atom. The van der Waals surface area contributed by atoms with Crippen molar-refractivity contribution in [2.75, 3.05) is 0 Å². The van der Waals surface area contributed by atoms with Crippen LogP contribution < -0.4 is 0 Å². The fourth-order valence-corrected chi connectivity index (χ4v) is 1.48. The smallest absolute Gasteiger partial charge is 0.231 e. The Morgan fingerprint density at radius 2 is 1.05 bits per heavy atom. The molecule has 0 aliphatic rings. The zero-order chi connectivity index (χ0) is 15.8. The van der Waals surface area contributed by atoms with Gasteiger partial charge in [-0.2, -0.15) is 9.78 Å². The molecule has 122 valence electrons. The molecule has 0 radical (unpaired) electrons. The van der Waals surface area contributed by atoms with Crippen molar-refractivity contribution in [2.45, 2.75) is 78.8 Å². The van der Waals surface area contributed by atoms with Gasteiger partial charge in [-0.25, -0.2) is 20.3 Å². The van der Waals surface area contributed by atoms with Gasteiger partial charge in [-0.3, -0.25) is 0 Å². The van der Waals surface area contributed by atoms with E-state index >= 15 is 0 Å². The van der Waals surface area contributed by atoms with Gasteiger partial charge in [-0.05, 0) is 38.5 Å². The lowest BCUT2D eigenvalue weighted by atomic mass is 10.0. The first kappa shape index (κ1) is 19.8. The standard InChI is InChI=1S/C14H30O6/c1-11(2)7-9-13(5,17-15)19-20-14(6,18-16)10-8-12(3)4/h11-12,15-16H,7-10H2,1-6H3. The molecule has 0 aliphatic carbocycles. The molecule has 0 saturated heterocycles. The van der Waals surface area contributed by atoms with E-state index in [4.69, 9.17) is 20.3 Å². The molecule has 0 aromatic rings. The quantitative estimate of drug-likeness (QED) is 0.337. The summed E-state index contributed by atoms with van der Waals surface area (Å²) in [7, 11) is 0. The molecule has 0 spiro atoms. The maximum atomic E-state index is 8.98. The van der Waals surface area contributed by atoms with Gasteiger partial charge in [0, 0.05) is 12.8 Å². The van der Waals surface area contributed by atoms with Crippen LogP contribution in [0.1, 0.15) is 67.2 Å². The molecular weight excluding hydrogens is 264 g/mol. The van der Waals surface area contributed by atoms with Gasteiger partial charge in [0.15, 0.2) is 0 Å². The second-order valence-corrected chi connectivity index (χ2v) is 6.48. The molecule has 0 bridgehead atoms. The molecule has 0 aliphatic heterocycles. The minimum Gasteiger partial charge on any atom is -0.249 e. The predicted molar refractivity (Wildman–Crippen MR) is 74.6 cm³/mol. The third-order valence-corrected chi connectivity index (χ3v) is 3.13. The first-order chi connectivity index (χ1) is 9.16. The summed E-state index contributed by atoms with van der Waals surface area (Å²) in [4.78, 5) is 19.1. The summed E-state index contributed by atoms with van der Waals surface area (Å²) >= 11 is 0. The summed E-state index contributed by atoms with van der Waals surface area (Å²) in [5.41, 5.74) is 0. The number of hydrogen-bond acceptors (Lipinski definition) is 6. The second-order valence-electron chi connectivity index (χ2n) is 6.48. The minimum atomic E-state index is -1.29. The van der Waals surface area contributed by atoms with E-state index in [1.165, 1.54) is 0 Å². The van der Waals surface area contributed by atoms with E-state index in [-0.39, 0.29) is 0 Å². The maximum absolute atomic E-state index is 8.98. The number of rotatable bonds is 11. The molecule has 20 heavy (non-hydrogen) atoms. The molecule has 2 unspecified atom stereocenters. The highest BCUT2D eigenvalue weighted by Crippen LogP contribution is 2.27. The summed E-state index contributed by atoms with van der Waals surface area (Å²) in [5.74, 6) is -1.70. The zero-order valence-electron chi connectivity index (χ0n) is 13.5. The lowest BCUT2D eigenvalue weighted by Crippen LogP contribution is -2.39. The van der Waals surface area contributed by atoms with Gasteiger partial charge in [-0.15, -0.1) is 0 Å². The largest absolute Gasteiger partial charge is 0.249 e. The van der Waals surface area contributed by atoms with Gasteiger partial charge < -0.3 is 0 Å². The van der Waals surface area contributed by atoms with E-state index in [0.717, 1.165) is 12.8 Å². The Bertz CT molecular complexity index is 232. The van der Waals surface area contributed by atoms with Crippen molar-refractivity contribution in [1.29, 1.82) is 0 Å². The van der Waals surface area contributed by atoms with Crippen LogP contribution in [0.5, 0.6) is 0 Å². The van der Waals surface area contributed by atoms with Crippen LogP contribution in [0.25, 0.3) is 0 Å². The van der Waals surface area contributed by atoms with Crippen molar-refractivity contribution >= 4 is 0 Å². The van der Waals surface area contributed by atoms with Crippen molar-refractivity contribution < 1.29 is 30.1 Å². The van der Waals surface area contributed by atoms with Gasteiger partial charge in [-0.1, -0.05) is 27.7 Å². The molecule has 0 amide bonds. The van der Waals surface area contributed by atoms with Gasteiger partial charge in [0.1, 0.15) is 0 Å². The van der Waals surface area contributed by atoms with Crippen LogP contribution in [0.3, 0.4) is 0 Å². The van der Waals surface area contributed by atoms with E-state index in [1.807, 2.05) is 0 Å². The summed E-state index contributed by atoms with van der Waals surface area (Å²) in [6.07, 6.45) is 2.49. The van der Waals surface area contributed by atoms with Crippen LogP contribution >= 0.6 is 0 Å². The van der Waals surface area contributed by atoms with Crippen LogP contribution in [-0.2, 0) is 19.6 Å². The first-order valence-corrected chi connectivity index (χ1v) is 7.18. The summed E-state index contributed by atoms with van der Waals surface area (Å²) < 4.78 is 0. The molecule has 0 aromatic carbocycles. The predicted octanol–water partition coefficient (Wildman–Crippen LogP) is 4.22. The molecule has 0 heterocycles. The molecule has 0 fully saturated rings. The molecule has 0 rings (SSSR count). The average molecular weight is 294 g/mol. The van der Waals surface area contributed by atoms with Gasteiger partial charge >= 0.3 is 0 Å². The van der Waals surface area contributed by atoms with E-state index in [1.54, 1.807) is 13.8 Å². The third kappa shape index (κ3) is 8.14. The van der Waals surface area contributed by atoms with Crippen LogP contribution in [0.2, 0.25) is 0 Å². The van der Waals surface area contributed by atoms with E-state index in [2.05, 4.69) is 37.5 Å². The molecule has 0 aromatic heterocycles. The van der Waals surface area contributed by atoms with Crippen LogP contribution in [0.15, 0.2) is 0 Å². The van der Waals surface area contributed by atoms with E-state index in [0.29, 0.717) is 24.7 Å². The van der Waals surface area contributed by atoms with Gasteiger partial charge in [0.05, 0.1) is 0 Å². The normalized spacial score (nSPS) is 18.3. The zero-order valence-corrected chi connectivity index (χ0v) is 13.5. The summed E-state index contributed by atoms with van der Waals surface area (Å²) in [6, 6.07) is 0. The Hall–Kier alpha value is -0.240. The van der Waals surface area contributed by atoms with Crippen molar-refractivity contribution in [3.8, 4) is 0 Å². The lowest BCUT2D eigenvalue weighted by molar-refractivity contribution is -0.567. The van der Waals surface area contributed by atoms with E-state index < -0.39 is 11.6 Å². The van der Waals surface area contributed by atoms with Crippen molar-refractivity contribution in [3.63, 3.8) is 0 Å². The third-order valence-electron chi connectivity index (χ3n) is 3.13. The highest BCUT2D eigenvalue weighted by atomic mass is 17.3. The summed E-state index contributed by atoms with van der Waals surface area (Å²) in [5, 5.41) is 18.0. The second kappa shape index (κ2) is 8.92. The number of hydrogen-bond donors (Lipinski definition) is 2. The van der Waals surface area contributed by atoms with E-state index in [9.17, 15) is 0 Å². The molecule has 2 N–H and O–H groups in total. The highest BCUT2D eigenvalue weighted by Gasteiger charge is 2.35. The first-order valence-electron chi connectivity index (χ1n) is 7.18. The van der Waals surface area contributed by atoms with Crippen LogP contribution in [0.4, 0.5) is 0 Å².